The Labute approximate surface area is 58.1 Å². The summed E-state index contributed by atoms with van der Waals surface area (Å²) in [5.74, 6) is -2.96. The van der Waals surface area contributed by atoms with Gasteiger partial charge in [-0.15, -0.1) is 12.4 Å². The summed E-state index contributed by atoms with van der Waals surface area (Å²) < 4.78 is 0. The van der Waals surface area contributed by atoms with Crippen molar-refractivity contribution in [1.82, 2.24) is 0 Å². The van der Waals surface area contributed by atoms with E-state index in [-0.39, 0.29) is 12.4 Å². The zero-order valence-electron chi connectivity index (χ0n) is 4.56. The molecule has 1 atom stereocenters. The van der Waals surface area contributed by atoms with Crippen molar-refractivity contribution in [2.24, 2.45) is 5.73 Å². The zero-order chi connectivity index (χ0) is 6.78. The summed E-state index contributed by atoms with van der Waals surface area (Å²) in [6, 6.07) is -1.43. The second-order valence-corrected chi connectivity index (χ2v) is 1.48. The van der Waals surface area contributed by atoms with Crippen molar-refractivity contribution in [1.29, 1.82) is 0 Å². The Kier molecular flexibility index (Phi) is 5.25. The molecule has 5 nitrogen and oxygen atoms in total. The second-order valence-electron chi connectivity index (χ2n) is 1.48. The lowest BCUT2D eigenvalue weighted by Gasteiger charge is -2.19. The van der Waals surface area contributed by atoms with Crippen LogP contribution in [0.3, 0.4) is 0 Å². The first-order valence-corrected chi connectivity index (χ1v) is 2.02. The molecule has 0 saturated carbocycles. The quantitative estimate of drug-likeness (QED) is 0.283. The van der Waals surface area contributed by atoms with Crippen LogP contribution in [-0.4, -0.2) is 39.0 Å². The molecule has 9 heavy (non-hydrogen) atoms. The maximum atomic E-state index is 8.11. The number of nitrogens with two attached hydrogens (primary N) is 1. The van der Waals surface area contributed by atoms with Gasteiger partial charge < -0.3 is 26.2 Å². The molecular formula is C3H10ClNO4. The molecule has 0 amide bonds. The van der Waals surface area contributed by atoms with Crippen LogP contribution >= 0.6 is 12.4 Å². The molecule has 0 fully saturated rings. The minimum absolute atomic E-state index is 0. The molecular weight excluding hydrogens is 149 g/mol. The fourth-order valence-corrected chi connectivity index (χ4v) is 0.122. The van der Waals surface area contributed by atoms with Crippen LogP contribution in [0.15, 0.2) is 0 Å². The first-order valence-electron chi connectivity index (χ1n) is 2.02. The Hall–Kier alpha value is 0.0900. The van der Waals surface area contributed by atoms with E-state index in [0.717, 1.165) is 0 Å². The van der Waals surface area contributed by atoms with Crippen LogP contribution < -0.4 is 5.73 Å². The first-order chi connectivity index (χ1) is 3.48. The number of halogens is 1. The largest absolute Gasteiger partial charge is 0.394 e. The maximum Gasteiger partial charge on any atom is 0.293 e. The number of aliphatic hydroxyl groups is 4. The molecule has 0 aromatic heterocycles. The van der Waals surface area contributed by atoms with Gasteiger partial charge in [-0.05, 0) is 0 Å². The lowest BCUT2D eigenvalue weighted by Crippen LogP contribution is -2.50. The fraction of sp³-hybridized carbons (Fsp3) is 1.00. The number of aliphatic hydroxyl groups excluding tert-OH is 1. The van der Waals surface area contributed by atoms with Gasteiger partial charge in [0.25, 0.3) is 5.97 Å². The van der Waals surface area contributed by atoms with E-state index in [1.54, 1.807) is 0 Å². The highest BCUT2D eigenvalue weighted by molar-refractivity contribution is 5.85. The Bertz CT molecular complexity index is 72.7. The average molecular weight is 160 g/mol. The minimum atomic E-state index is -2.96. The zero-order valence-corrected chi connectivity index (χ0v) is 5.38. The molecule has 0 aromatic rings. The summed E-state index contributed by atoms with van der Waals surface area (Å²) in [6.07, 6.45) is 0. The van der Waals surface area contributed by atoms with Crippen molar-refractivity contribution in [2.75, 3.05) is 6.61 Å². The summed E-state index contributed by atoms with van der Waals surface area (Å²) in [5, 5.41) is 32.4. The van der Waals surface area contributed by atoms with Crippen LogP contribution in [0.1, 0.15) is 0 Å². The molecule has 0 aliphatic heterocycles. The van der Waals surface area contributed by atoms with Crippen LogP contribution in [0.5, 0.6) is 0 Å². The highest BCUT2D eigenvalue weighted by Gasteiger charge is 2.27. The summed E-state index contributed by atoms with van der Waals surface area (Å²) in [4.78, 5) is 0. The Morgan fingerprint density at radius 3 is 1.67 bits per heavy atom. The highest BCUT2D eigenvalue weighted by Crippen LogP contribution is 1.95. The van der Waals surface area contributed by atoms with E-state index < -0.39 is 18.6 Å². The van der Waals surface area contributed by atoms with E-state index in [0.29, 0.717) is 0 Å². The van der Waals surface area contributed by atoms with Crippen molar-refractivity contribution >= 4 is 12.4 Å². The molecule has 0 radical (unpaired) electrons. The maximum absolute atomic E-state index is 8.11. The smallest absolute Gasteiger partial charge is 0.293 e. The molecule has 6 heteroatoms. The minimum Gasteiger partial charge on any atom is -0.394 e. The SMILES string of the molecule is Cl.NC(CO)C(O)(O)O. The third-order valence-electron chi connectivity index (χ3n) is 0.694. The second kappa shape index (κ2) is 3.99. The van der Waals surface area contributed by atoms with Gasteiger partial charge in [0.15, 0.2) is 0 Å². The monoisotopic (exact) mass is 159 g/mol. The molecule has 0 aliphatic rings. The predicted octanol–water partition coefficient (Wildman–Crippen LogP) is -2.64. The molecule has 0 spiro atoms. The molecule has 0 rings (SSSR count). The van der Waals surface area contributed by atoms with Crippen LogP contribution in [0.4, 0.5) is 0 Å². The third kappa shape index (κ3) is 4.58. The van der Waals surface area contributed by atoms with Gasteiger partial charge in [0, 0.05) is 0 Å². The van der Waals surface area contributed by atoms with E-state index in [4.69, 9.17) is 26.2 Å². The predicted molar refractivity (Wildman–Crippen MR) is 31.7 cm³/mol. The van der Waals surface area contributed by atoms with Crippen molar-refractivity contribution in [3.8, 4) is 0 Å². The van der Waals surface area contributed by atoms with E-state index in [9.17, 15) is 0 Å². The molecule has 1 unspecified atom stereocenters. The number of hydrogen-bond acceptors (Lipinski definition) is 5. The van der Waals surface area contributed by atoms with Gasteiger partial charge in [0.05, 0.1) is 6.61 Å². The van der Waals surface area contributed by atoms with Crippen LogP contribution in [-0.2, 0) is 0 Å². The molecule has 0 heterocycles. The van der Waals surface area contributed by atoms with E-state index in [1.807, 2.05) is 0 Å². The summed E-state index contributed by atoms with van der Waals surface area (Å²) in [6.45, 7) is -0.677. The molecule has 0 aliphatic carbocycles. The molecule has 0 bridgehead atoms. The standard InChI is InChI=1S/C3H9NO4.ClH/c4-2(1-5)3(6,7)8;/h2,5-8H,1,4H2;1H. The van der Waals surface area contributed by atoms with E-state index in [1.165, 1.54) is 0 Å². The van der Waals surface area contributed by atoms with Crippen molar-refractivity contribution in [3.05, 3.63) is 0 Å². The van der Waals surface area contributed by atoms with Gasteiger partial charge >= 0.3 is 0 Å². The summed E-state index contributed by atoms with van der Waals surface area (Å²) in [7, 11) is 0. The summed E-state index contributed by atoms with van der Waals surface area (Å²) in [5.41, 5.74) is 4.75. The Morgan fingerprint density at radius 2 is 1.67 bits per heavy atom. The Balaban J connectivity index is 0. The molecule has 6 N–H and O–H groups in total. The molecule has 58 valence electrons. The lowest BCUT2D eigenvalue weighted by molar-refractivity contribution is -0.325. The van der Waals surface area contributed by atoms with Gasteiger partial charge in [-0.1, -0.05) is 0 Å². The van der Waals surface area contributed by atoms with Gasteiger partial charge in [-0.25, -0.2) is 0 Å². The third-order valence-corrected chi connectivity index (χ3v) is 0.694. The van der Waals surface area contributed by atoms with Crippen LogP contribution in [0.25, 0.3) is 0 Å². The summed E-state index contributed by atoms with van der Waals surface area (Å²) >= 11 is 0. The van der Waals surface area contributed by atoms with Crippen LogP contribution in [0, 0.1) is 0 Å². The molecule has 0 aromatic carbocycles. The lowest BCUT2D eigenvalue weighted by atomic mass is 10.3. The van der Waals surface area contributed by atoms with E-state index >= 15 is 0 Å². The first kappa shape index (κ1) is 11.8. The molecule has 0 saturated heterocycles. The van der Waals surface area contributed by atoms with Crippen molar-refractivity contribution in [3.63, 3.8) is 0 Å². The van der Waals surface area contributed by atoms with Crippen LogP contribution in [0.2, 0.25) is 0 Å². The van der Waals surface area contributed by atoms with Crippen molar-refractivity contribution in [2.45, 2.75) is 12.0 Å². The van der Waals surface area contributed by atoms with E-state index in [2.05, 4.69) is 0 Å². The number of rotatable bonds is 2. The van der Waals surface area contributed by atoms with Gasteiger partial charge in [0.2, 0.25) is 0 Å². The number of hydrogen-bond donors (Lipinski definition) is 5. The van der Waals surface area contributed by atoms with Crippen molar-refractivity contribution < 1.29 is 20.4 Å². The normalized spacial score (nSPS) is 14.3. The fourth-order valence-electron chi connectivity index (χ4n) is 0.122. The topological polar surface area (TPSA) is 107 Å². The van der Waals surface area contributed by atoms with Gasteiger partial charge in [-0.2, -0.15) is 0 Å². The highest BCUT2D eigenvalue weighted by atomic mass is 35.5. The average Bonchev–Trinajstić information content (AvgIpc) is 1.62. The van der Waals surface area contributed by atoms with Gasteiger partial charge in [-0.3, -0.25) is 0 Å². The van der Waals surface area contributed by atoms with Gasteiger partial charge in [0.1, 0.15) is 6.04 Å². The Morgan fingerprint density at radius 1 is 1.33 bits per heavy atom.